The molecule has 0 aromatic heterocycles. The van der Waals surface area contributed by atoms with Crippen molar-refractivity contribution in [3.63, 3.8) is 0 Å². The van der Waals surface area contributed by atoms with Crippen LogP contribution in [0.4, 0.5) is 0 Å². The van der Waals surface area contributed by atoms with E-state index in [0.717, 1.165) is 12.1 Å². The van der Waals surface area contributed by atoms with Crippen molar-refractivity contribution in [2.45, 2.75) is 0 Å². The molecule has 1 aromatic rings. The van der Waals surface area contributed by atoms with E-state index in [1.54, 1.807) is 0 Å². The molecule has 0 saturated heterocycles. The van der Waals surface area contributed by atoms with Gasteiger partial charge in [-0.3, -0.25) is 0 Å². The van der Waals surface area contributed by atoms with E-state index in [1.165, 1.54) is 0 Å². The molecule has 3 N–H and O–H groups in total. The topological polar surface area (TPSA) is 77.8 Å². The summed E-state index contributed by atoms with van der Waals surface area (Å²) >= 11 is 0. The summed E-state index contributed by atoms with van der Waals surface area (Å²) in [6.07, 6.45) is 0. The largest absolute Gasteiger partial charge is 0.508 e. The van der Waals surface area contributed by atoms with Gasteiger partial charge < -0.3 is 15.3 Å². The Morgan fingerprint density at radius 2 is 2.09 bits per heavy atom. The highest BCUT2D eigenvalue weighted by Gasteiger charge is 2.08. The molecule has 0 saturated carbocycles. The Labute approximate surface area is 62.3 Å². The Bertz CT molecular complexity index is 292. The number of aromatic hydroxyl groups is 2. The molecule has 0 fully saturated rings. The van der Waals surface area contributed by atoms with Crippen LogP contribution < -0.4 is 0 Å². The Balaban J connectivity index is 3.20. The van der Waals surface area contributed by atoms with E-state index < -0.39 is 11.7 Å². The van der Waals surface area contributed by atoms with E-state index in [1.807, 2.05) is 0 Å². The summed E-state index contributed by atoms with van der Waals surface area (Å²) < 4.78 is 0. The maximum Gasteiger partial charge on any atom is 0.340 e. The second-order valence-electron chi connectivity index (χ2n) is 1.92. The third-order valence-corrected chi connectivity index (χ3v) is 1.12. The normalized spacial score (nSPS) is 9.45. The van der Waals surface area contributed by atoms with Gasteiger partial charge in [-0.1, -0.05) is 0 Å². The van der Waals surface area contributed by atoms with Gasteiger partial charge in [0, 0.05) is 12.1 Å². The molecule has 0 aliphatic heterocycles. The number of hydrogen-bond donors (Lipinski definition) is 3. The number of carboxylic acids is 1. The number of rotatable bonds is 1. The number of benzene rings is 1. The first-order valence-electron chi connectivity index (χ1n) is 2.78. The van der Waals surface area contributed by atoms with Crippen LogP contribution in [0.5, 0.6) is 11.5 Å². The lowest BCUT2D eigenvalue weighted by Crippen LogP contribution is -1.95. The quantitative estimate of drug-likeness (QED) is 0.552. The number of aromatic carboxylic acids is 1. The summed E-state index contributed by atoms with van der Waals surface area (Å²) in [6.45, 7) is 0. The molecule has 11 heavy (non-hydrogen) atoms. The van der Waals surface area contributed by atoms with Crippen molar-refractivity contribution in [3.8, 4) is 11.5 Å². The van der Waals surface area contributed by atoms with Crippen LogP contribution in [0, 0.1) is 6.07 Å². The average molecular weight is 153 g/mol. The molecule has 0 unspecified atom stereocenters. The molecule has 0 aliphatic carbocycles. The molecule has 4 nitrogen and oxygen atoms in total. The highest BCUT2D eigenvalue weighted by Crippen LogP contribution is 2.21. The van der Waals surface area contributed by atoms with Crippen molar-refractivity contribution in [1.29, 1.82) is 0 Å². The standard InChI is InChI=1S/C7H5O4/c8-4-1-2-5(7(10)11)6(9)3-4/h1,3,8-9H,(H,10,11). The minimum atomic E-state index is -1.28. The van der Waals surface area contributed by atoms with Gasteiger partial charge in [-0.25, -0.2) is 4.79 Å². The van der Waals surface area contributed by atoms with Crippen LogP contribution in [0.15, 0.2) is 12.1 Å². The van der Waals surface area contributed by atoms with Gasteiger partial charge in [0.05, 0.1) is 0 Å². The number of phenols is 2. The second-order valence-corrected chi connectivity index (χ2v) is 1.92. The van der Waals surface area contributed by atoms with Crippen LogP contribution in [-0.2, 0) is 0 Å². The van der Waals surface area contributed by atoms with Crippen molar-refractivity contribution in [2.24, 2.45) is 0 Å². The zero-order valence-electron chi connectivity index (χ0n) is 5.40. The number of carboxylic acid groups (broad SMARTS) is 1. The van der Waals surface area contributed by atoms with Gasteiger partial charge in [0.2, 0.25) is 0 Å². The molecule has 0 bridgehead atoms. The lowest BCUT2D eigenvalue weighted by atomic mass is 10.2. The van der Waals surface area contributed by atoms with Gasteiger partial charge in [-0.2, -0.15) is 0 Å². The molecule has 57 valence electrons. The molecule has 0 aliphatic rings. The van der Waals surface area contributed by atoms with Crippen LogP contribution in [0.2, 0.25) is 0 Å². The van der Waals surface area contributed by atoms with Gasteiger partial charge in [-0.05, 0) is 6.07 Å². The zero-order valence-corrected chi connectivity index (χ0v) is 5.40. The average Bonchev–Trinajstić information content (AvgIpc) is 1.85. The van der Waals surface area contributed by atoms with Crippen molar-refractivity contribution >= 4 is 5.97 Å². The third kappa shape index (κ3) is 1.40. The maximum absolute atomic E-state index is 10.3. The highest BCUT2D eigenvalue weighted by atomic mass is 16.4. The van der Waals surface area contributed by atoms with E-state index in [4.69, 9.17) is 15.3 Å². The monoisotopic (exact) mass is 153 g/mol. The predicted molar refractivity (Wildman–Crippen MR) is 35.6 cm³/mol. The van der Waals surface area contributed by atoms with Crippen LogP contribution in [-0.4, -0.2) is 21.3 Å². The van der Waals surface area contributed by atoms with Crippen molar-refractivity contribution in [2.75, 3.05) is 0 Å². The number of hydrogen-bond acceptors (Lipinski definition) is 3. The minimum Gasteiger partial charge on any atom is -0.508 e. The summed E-state index contributed by atoms with van der Waals surface area (Å²) in [5.41, 5.74) is -0.345. The summed E-state index contributed by atoms with van der Waals surface area (Å²) in [6, 6.07) is 4.22. The summed E-state index contributed by atoms with van der Waals surface area (Å²) in [5, 5.41) is 26.0. The SMILES string of the molecule is O=C(O)c1[c]cc(O)cc1O. The summed E-state index contributed by atoms with van der Waals surface area (Å²) in [7, 11) is 0. The van der Waals surface area contributed by atoms with Crippen molar-refractivity contribution < 1.29 is 20.1 Å². The zero-order chi connectivity index (χ0) is 8.43. The fourth-order valence-electron chi connectivity index (χ4n) is 0.645. The number of carbonyl (C=O) groups is 1. The van der Waals surface area contributed by atoms with E-state index in [9.17, 15) is 4.79 Å². The molecular formula is C7H5O4. The smallest absolute Gasteiger partial charge is 0.340 e. The molecule has 1 radical (unpaired) electrons. The van der Waals surface area contributed by atoms with Gasteiger partial charge in [-0.15, -0.1) is 0 Å². The Morgan fingerprint density at radius 3 is 2.55 bits per heavy atom. The highest BCUT2D eigenvalue weighted by molar-refractivity contribution is 5.90. The number of phenolic OH excluding ortho intramolecular Hbond substituents is 1. The molecule has 1 rings (SSSR count). The van der Waals surface area contributed by atoms with Crippen LogP contribution in [0.1, 0.15) is 10.4 Å². The summed E-state index contributed by atoms with van der Waals surface area (Å²) in [5.74, 6) is -1.98. The van der Waals surface area contributed by atoms with Crippen molar-refractivity contribution in [3.05, 3.63) is 23.8 Å². The van der Waals surface area contributed by atoms with E-state index in [2.05, 4.69) is 6.07 Å². The minimum absolute atomic E-state index is 0.215. The van der Waals surface area contributed by atoms with Crippen molar-refractivity contribution in [1.82, 2.24) is 0 Å². The van der Waals surface area contributed by atoms with Crippen LogP contribution in [0.3, 0.4) is 0 Å². The first-order valence-corrected chi connectivity index (χ1v) is 2.78. The molecule has 0 atom stereocenters. The van der Waals surface area contributed by atoms with E-state index in [0.29, 0.717) is 0 Å². The first kappa shape index (κ1) is 7.40. The Morgan fingerprint density at radius 1 is 1.45 bits per heavy atom. The maximum atomic E-state index is 10.3. The fourth-order valence-corrected chi connectivity index (χ4v) is 0.645. The van der Waals surface area contributed by atoms with Crippen LogP contribution >= 0.6 is 0 Å². The molecule has 1 aromatic carbocycles. The van der Waals surface area contributed by atoms with E-state index >= 15 is 0 Å². The van der Waals surface area contributed by atoms with Gasteiger partial charge in [0.15, 0.2) is 0 Å². The first-order chi connectivity index (χ1) is 5.11. The molecule has 0 amide bonds. The van der Waals surface area contributed by atoms with E-state index in [-0.39, 0.29) is 11.3 Å². The van der Waals surface area contributed by atoms with Gasteiger partial charge in [0.1, 0.15) is 17.1 Å². The third-order valence-electron chi connectivity index (χ3n) is 1.12. The lowest BCUT2D eigenvalue weighted by Gasteiger charge is -1.97. The van der Waals surface area contributed by atoms with Gasteiger partial charge >= 0.3 is 5.97 Å². The Kier molecular flexibility index (Phi) is 1.68. The molecule has 4 heteroatoms. The molecule has 0 spiro atoms. The molecular weight excluding hydrogens is 148 g/mol. The lowest BCUT2D eigenvalue weighted by molar-refractivity contribution is 0.0693. The second kappa shape index (κ2) is 2.49. The fraction of sp³-hybridized carbons (Fsp3) is 0. The predicted octanol–water partition coefficient (Wildman–Crippen LogP) is 0.596. The summed E-state index contributed by atoms with van der Waals surface area (Å²) in [4.78, 5) is 10.3. The van der Waals surface area contributed by atoms with Gasteiger partial charge in [0.25, 0.3) is 0 Å². The molecule has 0 heterocycles. The van der Waals surface area contributed by atoms with Crippen LogP contribution in [0.25, 0.3) is 0 Å². The Hall–Kier alpha value is -1.71.